The third kappa shape index (κ3) is 8.84. The summed E-state index contributed by atoms with van der Waals surface area (Å²) in [6, 6.07) is 22.6. The van der Waals surface area contributed by atoms with Crippen LogP contribution in [-0.2, 0) is 39.1 Å². The van der Waals surface area contributed by atoms with Crippen LogP contribution in [0.1, 0.15) is 40.9 Å². The van der Waals surface area contributed by atoms with Crippen LogP contribution in [-0.4, -0.2) is 48.1 Å². The number of aryl methyl sites for hydroxylation is 2. The van der Waals surface area contributed by atoms with Crippen molar-refractivity contribution >= 4 is 52.1 Å². The molecule has 0 bridgehead atoms. The summed E-state index contributed by atoms with van der Waals surface area (Å²) in [5, 5.41) is 9.96. The summed E-state index contributed by atoms with van der Waals surface area (Å²) in [5.41, 5.74) is 3.39. The Balaban J connectivity index is 1.41. The number of amides is 3. The van der Waals surface area contributed by atoms with Crippen LogP contribution in [0.15, 0.2) is 78.9 Å². The van der Waals surface area contributed by atoms with E-state index >= 15 is 0 Å². The number of hydrogen-bond acceptors (Lipinski definition) is 6. The van der Waals surface area contributed by atoms with Gasteiger partial charge in [0.1, 0.15) is 18.3 Å². The fraction of sp³-hybridized carbons (Fsp3) is 0.273. The largest absolute Gasteiger partial charge is 0.469 e. The molecule has 230 valence electrons. The number of hydrogen-bond donors (Lipinski definition) is 3. The number of carbonyl (C=O) groups excluding carboxylic acids is 4. The summed E-state index contributed by atoms with van der Waals surface area (Å²) in [6.45, 7) is 0.313. The van der Waals surface area contributed by atoms with Gasteiger partial charge in [0.25, 0.3) is 5.91 Å². The lowest BCUT2D eigenvalue weighted by molar-refractivity contribution is -0.140. The van der Waals surface area contributed by atoms with Gasteiger partial charge in [-0.2, -0.15) is 0 Å². The fourth-order valence-corrected chi connectivity index (χ4v) is 4.83. The van der Waals surface area contributed by atoms with E-state index in [1.54, 1.807) is 54.1 Å². The van der Waals surface area contributed by atoms with Gasteiger partial charge in [0.2, 0.25) is 5.91 Å². The second-order valence-corrected chi connectivity index (χ2v) is 10.6. The molecule has 0 fully saturated rings. The number of anilines is 1. The Bertz CT molecular complexity index is 1620. The number of fused-ring (bicyclic) bond motifs is 1. The van der Waals surface area contributed by atoms with Gasteiger partial charge in [-0.1, -0.05) is 60.1 Å². The number of alkyl carbamates (subject to hydrolysis) is 1. The highest BCUT2D eigenvalue weighted by Gasteiger charge is 2.24. The summed E-state index contributed by atoms with van der Waals surface area (Å²) in [6.07, 6.45) is 0.555. The molecule has 11 heteroatoms. The minimum absolute atomic E-state index is 0.0878. The van der Waals surface area contributed by atoms with Crippen molar-refractivity contribution in [1.82, 2.24) is 15.2 Å². The number of carbonyl (C=O) groups is 4. The van der Waals surface area contributed by atoms with Crippen molar-refractivity contribution < 1.29 is 28.7 Å². The highest BCUT2D eigenvalue weighted by molar-refractivity contribution is 6.30. The van der Waals surface area contributed by atoms with Gasteiger partial charge in [0, 0.05) is 41.6 Å². The first-order valence-electron chi connectivity index (χ1n) is 14.2. The molecule has 3 amide bonds. The number of methoxy groups -OCH3 is 1. The van der Waals surface area contributed by atoms with Crippen molar-refractivity contribution in [2.24, 2.45) is 7.05 Å². The second kappa shape index (κ2) is 15.6. The molecular formula is C33H35ClN4O6. The van der Waals surface area contributed by atoms with Gasteiger partial charge < -0.3 is 30.0 Å². The van der Waals surface area contributed by atoms with Crippen molar-refractivity contribution in [3.8, 4) is 0 Å². The molecule has 0 aliphatic carbocycles. The number of para-hydroxylation sites is 2. The first-order valence-corrected chi connectivity index (χ1v) is 14.6. The topological polar surface area (TPSA) is 128 Å². The van der Waals surface area contributed by atoms with E-state index < -0.39 is 23.9 Å². The van der Waals surface area contributed by atoms with Crippen LogP contribution in [0.2, 0.25) is 5.02 Å². The van der Waals surface area contributed by atoms with Crippen molar-refractivity contribution in [1.29, 1.82) is 0 Å². The Morgan fingerprint density at radius 1 is 0.955 bits per heavy atom. The molecule has 1 atom stereocenters. The monoisotopic (exact) mass is 618 g/mol. The highest BCUT2D eigenvalue weighted by Crippen LogP contribution is 2.20. The molecule has 3 N–H and O–H groups in total. The lowest BCUT2D eigenvalue weighted by Crippen LogP contribution is -2.44. The van der Waals surface area contributed by atoms with Crippen molar-refractivity contribution in [2.45, 2.75) is 38.3 Å². The maximum atomic E-state index is 13.5. The molecule has 4 aromatic rings. The number of nitrogens with zero attached hydrogens (tertiary/aromatic N) is 1. The van der Waals surface area contributed by atoms with E-state index in [2.05, 4.69) is 16.0 Å². The molecule has 0 saturated heterocycles. The van der Waals surface area contributed by atoms with Crippen LogP contribution in [0, 0.1) is 0 Å². The third-order valence-corrected chi connectivity index (χ3v) is 7.38. The molecule has 4 rings (SSSR count). The summed E-state index contributed by atoms with van der Waals surface area (Å²) in [5.74, 6) is -1.18. The van der Waals surface area contributed by atoms with Gasteiger partial charge in [-0.25, -0.2) is 4.79 Å². The molecule has 0 radical (unpaired) electrons. The molecule has 1 heterocycles. The molecule has 0 aliphatic heterocycles. The average Bonchev–Trinajstić information content (AvgIpc) is 3.37. The number of ether oxygens (including phenoxy) is 2. The van der Waals surface area contributed by atoms with E-state index in [1.807, 2.05) is 36.4 Å². The Labute approximate surface area is 260 Å². The van der Waals surface area contributed by atoms with E-state index in [4.69, 9.17) is 21.1 Å². The van der Waals surface area contributed by atoms with Gasteiger partial charge in [0.05, 0.1) is 7.11 Å². The molecular weight excluding hydrogens is 584 g/mol. The van der Waals surface area contributed by atoms with Crippen LogP contribution in [0.4, 0.5) is 10.5 Å². The standard InChI is InChI=1S/C33H35ClN4O6/c1-38-28-12-6-4-9-24(28)20-29(38)32(41)37-27(11-7-19-35-33(42)44-21-22-13-16-25(34)17-14-22)31(40)36-26-10-5-3-8-23(26)15-18-30(39)43-2/h3-6,8-10,12-14,16-17,20,27H,7,11,15,18-19,21H2,1-2H3,(H,35,42)(H,36,40)(H,37,41)/t27-/m0/s1. The molecule has 3 aromatic carbocycles. The third-order valence-electron chi connectivity index (χ3n) is 7.13. The van der Waals surface area contributed by atoms with Gasteiger partial charge in [0.15, 0.2) is 0 Å². The zero-order valence-corrected chi connectivity index (χ0v) is 25.4. The smallest absolute Gasteiger partial charge is 0.407 e. The molecule has 10 nitrogen and oxygen atoms in total. The predicted molar refractivity (Wildman–Crippen MR) is 168 cm³/mol. The van der Waals surface area contributed by atoms with Gasteiger partial charge in [-0.05, 0) is 60.7 Å². The normalized spacial score (nSPS) is 11.4. The van der Waals surface area contributed by atoms with Crippen LogP contribution < -0.4 is 16.0 Å². The van der Waals surface area contributed by atoms with E-state index in [9.17, 15) is 19.2 Å². The second-order valence-electron chi connectivity index (χ2n) is 10.2. The average molecular weight is 619 g/mol. The van der Waals surface area contributed by atoms with Crippen LogP contribution in [0.25, 0.3) is 10.9 Å². The minimum atomic E-state index is -0.916. The van der Waals surface area contributed by atoms with E-state index in [-0.39, 0.29) is 32.0 Å². The zero-order chi connectivity index (χ0) is 31.5. The zero-order valence-electron chi connectivity index (χ0n) is 24.6. The van der Waals surface area contributed by atoms with Gasteiger partial charge >= 0.3 is 12.1 Å². The SMILES string of the molecule is COC(=O)CCc1ccccc1NC(=O)[C@H](CCCNC(=O)OCc1ccc(Cl)cc1)NC(=O)c1cc2ccccc2n1C. The quantitative estimate of drug-likeness (QED) is 0.136. The molecule has 0 saturated carbocycles. The first kappa shape index (κ1) is 32.1. The van der Waals surface area contributed by atoms with Crippen molar-refractivity contribution in [3.63, 3.8) is 0 Å². The van der Waals surface area contributed by atoms with Crippen LogP contribution in [0.3, 0.4) is 0 Å². The predicted octanol–water partition coefficient (Wildman–Crippen LogP) is 5.38. The molecule has 44 heavy (non-hydrogen) atoms. The van der Waals surface area contributed by atoms with Crippen molar-refractivity contribution in [3.05, 3.63) is 101 Å². The van der Waals surface area contributed by atoms with Crippen molar-refractivity contribution in [2.75, 3.05) is 19.0 Å². The Morgan fingerprint density at radius 3 is 2.43 bits per heavy atom. The Hall–Kier alpha value is -4.83. The number of benzene rings is 3. The maximum absolute atomic E-state index is 13.5. The van der Waals surface area contributed by atoms with Gasteiger partial charge in [-0.3, -0.25) is 14.4 Å². The number of esters is 1. The van der Waals surface area contributed by atoms with E-state index in [0.29, 0.717) is 29.2 Å². The lowest BCUT2D eigenvalue weighted by atomic mass is 10.1. The Kier molecular flexibility index (Phi) is 11.4. The number of aromatic nitrogens is 1. The lowest BCUT2D eigenvalue weighted by Gasteiger charge is -2.20. The minimum Gasteiger partial charge on any atom is -0.469 e. The summed E-state index contributed by atoms with van der Waals surface area (Å²) in [7, 11) is 3.12. The number of nitrogens with one attached hydrogen (secondary N) is 3. The maximum Gasteiger partial charge on any atom is 0.407 e. The molecule has 0 aliphatic rings. The van der Waals surface area contributed by atoms with E-state index in [1.165, 1.54) is 7.11 Å². The van der Waals surface area contributed by atoms with Crippen LogP contribution in [0.5, 0.6) is 0 Å². The molecule has 1 aromatic heterocycles. The number of rotatable bonds is 13. The Morgan fingerprint density at radius 2 is 1.68 bits per heavy atom. The summed E-state index contributed by atoms with van der Waals surface area (Å²) >= 11 is 5.89. The highest BCUT2D eigenvalue weighted by atomic mass is 35.5. The summed E-state index contributed by atoms with van der Waals surface area (Å²) in [4.78, 5) is 50.9. The van der Waals surface area contributed by atoms with Gasteiger partial charge in [-0.15, -0.1) is 0 Å². The number of halogens is 1. The first-order chi connectivity index (χ1) is 21.2. The fourth-order valence-electron chi connectivity index (χ4n) is 4.70. The molecule has 0 spiro atoms. The van der Waals surface area contributed by atoms with Crippen LogP contribution >= 0.6 is 11.6 Å². The molecule has 0 unspecified atom stereocenters. The van der Waals surface area contributed by atoms with E-state index in [0.717, 1.165) is 22.0 Å². The summed E-state index contributed by atoms with van der Waals surface area (Å²) < 4.78 is 11.8.